The first-order valence-electron chi connectivity index (χ1n) is 4.67. The largest absolute Gasteiger partial charge is 0.342 e. The lowest BCUT2D eigenvalue weighted by Gasteiger charge is -2.28. The van der Waals surface area contributed by atoms with Gasteiger partial charge in [0, 0.05) is 19.3 Å². The summed E-state index contributed by atoms with van der Waals surface area (Å²) in [7, 11) is -3.36. The maximum Gasteiger partial charge on any atom is 0.243 e. The van der Waals surface area contributed by atoms with Gasteiger partial charge in [-0.05, 0) is 27.7 Å². The quantitative estimate of drug-likeness (QED) is 0.701. The molecule has 0 unspecified atom stereocenters. The highest BCUT2D eigenvalue weighted by atomic mass is 32.2. The Balaban J connectivity index is 5.03. The first-order chi connectivity index (χ1) is 6.18. The van der Waals surface area contributed by atoms with Crippen LogP contribution in [0.3, 0.4) is 0 Å². The van der Waals surface area contributed by atoms with Gasteiger partial charge in [0.1, 0.15) is 4.75 Å². The van der Waals surface area contributed by atoms with Crippen molar-refractivity contribution in [3.05, 3.63) is 0 Å². The van der Waals surface area contributed by atoms with Crippen LogP contribution in [-0.2, 0) is 14.6 Å². The van der Waals surface area contributed by atoms with Gasteiger partial charge in [-0.3, -0.25) is 4.79 Å². The lowest BCUT2D eigenvalue weighted by Crippen LogP contribution is -2.49. The summed E-state index contributed by atoms with van der Waals surface area (Å²) in [4.78, 5) is 13.3. The Kier molecular flexibility index (Phi) is 4.12. The molecule has 5 heteroatoms. The lowest BCUT2D eigenvalue weighted by molar-refractivity contribution is -0.132. The highest BCUT2D eigenvalue weighted by Crippen LogP contribution is 2.18. The molecule has 0 aromatic heterocycles. The van der Waals surface area contributed by atoms with E-state index >= 15 is 0 Å². The van der Waals surface area contributed by atoms with Gasteiger partial charge in [0.25, 0.3) is 0 Å². The molecule has 14 heavy (non-hydrogen) atoms. The smallest absolute Gasteiger partial charge is 0.243 e. The zero-order chi connectivity index (χ0) is 11.6. The van der Waals surface area contributed by atoms with Crippen LogP contribution in [0.4, 0.5) is 0 Å². The maximum absolute atomic E-state index is 11.8. The van der Waals surface area contributed by atoms with Crippen LogP contribution in [0.15, 0.2) is 0 Å². The number of carbonyl (C=O) groups is 1. The van der Waals surface area contributed by atoms with Gasteiger partial charge in [0.2, 0.25) is 5.91 Å². The van der Waals surface area contributed by atoms with Gasteiger partial charge in [0.05, 0.1) is 0 Å². The molecule has 0 aromatic rings. The highest BCUT2D eigenvalue weighted by molar-refractivity contribution is 7.92. The van der Waals surface area contributed by atoms with Crippen molar-refractivity contribution in [3.8, 4) is 0 Å². The van der Waals surface area contributed by atoms with E-state index in [9.17, 15) is 13.2 Å². The van der Waals surface area contributed by atoms with E-state index in [1.807, 2.05) is 13.8 Å². The fourth-order valence-electron chi connectivity index (χ4n) is 1.05. The van der Waals surface area contributed by atoms with Crippen LogP contribution in [0, 0.1) is 0 Å². The minimum Gasteiger partial charge on any atom is -0.342 e. The predicted octanol–water partition coefficient (Wildman–Crippen LogP) is 0.678. The van der Waals surface area contributed by atoms with Crippen LogP contribution < -0.4 is 0 Å². The lowest BCUT2D eigenvalue weighted by atomic mass is 10.2. The first kappa shape index (κ1) is 13.4. The van der Waals surface area contributed by atoms with Gasteiger partial charge in [-0.1, -0.05) is 0 Å². The molecule has 0 saturated heterocycles. The number of hydrogen-bond donors (Lipinski definition) is 0. The third-order valence-corrected chi connectivity index (χ3v) is 4.52. The Bertz CT molecular complexity index is 302. The van der Waals surface area contributed by atoms with Crippen LogP contribution >= 0.6 is 0 Å². The molecule has 0 aliphatic carbocycles. The normalized spacial score (nSPS) is 12.6. The number of amides is 1. The minimum atomic E-state index is -3.36. The third-order valence-electron chi connectivity index (χ3n) is 2.49. The summed E-state index contributed by atoms with van der Waals surface area (Å²) in [5.41, 5.74) is 0. The number of carbonyl (C=O) groups excluding carboxylic acids is 1. The average molecular weight is 221 g/mol. The second-order valence-electron chi connectivity index (χ2n) is 3.76. The van der Waals surface area contributed by atoms with Gasteiger partial charge in [-0.2, -0.15) is 0 Å². The second kappa shape index (κ2) is 4.29. The highest BCUT2D eigenvalue weighted by Gasteiger charge is 2.40. The van der Waals surface area contributed by atoms with E-state index in [4.69, 9.17) is 0 Å². The number of nitrogens with zero attached hydrogens (tertiary/aromatic N) is 1. The van der Waals surface area contributed by atoms with Crippen molar-refractivity contribution in [1.82, 2.24) is 4.90 Å². The van der Waals surface area contributed by atoms with Crippen molar-refractivity contribution >= 4 is 15.7 Å². The molecule has 0 radical (unpaired) electrons. The van der Waals surface area contributed by atoms with E-state index in [2.05, 4.69) is 0 Å². The van der Waals surface area contributed by atoms with Crippen molar-refractivity contribution in [2.75, 3.05) is 19.3 Å². The Labute approximate surface area is 86.2 Å². The predicted molar refractivity (Wildman–Crippen MR) is 56.9 cm³/mol. The van der Waals surface area contributed by atoms with Gasteiger partial charge < -0.3 is 4.90 Å². The van der Waals surface area contributed by atoms with Gasteiger partial charge in [-0.15, -0.1) is 0 Å². The summed E-state index contributed by atoms with van der Waals surface area (Å²) in [6, 6.07) is 0. The summed E-state index contributed by atoms with van der Waals surface area (Å²) >= 11 is 0. The minimum absolute atomic E-state index is 0.329. The molecule has 0 N–H and O–H groups in total. The Hall–Kier alpha value is -0.580. The molecule has 4 nitrogen and oxygen atoms in total. The SMILES string of the molecule is CCN(CC)C(=O)C(C)(C)S(C)(=O)=O. The molecule has 0 fully saturated rings. The third kappa shape index (κ3) is 2.47. The average Bonchev–Trinajstić information content (AvgIpc) is 2.04. The van der Waals surface area contributed by atoms with E-state index in [0.717, 1.165) is 6.26 Å². The first-order valence-corrected chi connectivity index (χ1v) is 6.56. The second-order valence-corrected chi connectivity index (χ2v) is 6.32. The monoisotopic (exact) mass is 221 g/mol. The summed E-state index contributed by atoms with van der Waals surface area (Å²) in [5.74, 6) is -0.329. The molecule has 0 bridgehead atoms. The van der Waals surface area contributed by atoms with E-state index in [1.165, 1.54) is 18.7 Å². The molecule has 0 saturated carbocycles. The molecule has 1 amide bonds. The van der Waals surface area contributed by atoms with Crippen LogP contribution in [0.25, 0.3) is 0 Å². The van der Waals surface area contributed by atoms with E-state index in [0.29, 0.717) is 13.1 Å². The van der Waals surface area contributed by atoms with Crippen LogP contribution in [0.1, 0.15) is 27.7 Å². The van der Waals surface area contributed by atoms with Crippen molar-refractivity contribution in [3.63, 3.8) is 0 Å². The van der Waals surface area contributed by atoms with Crippen molar-refractivity contribution < 1.29 is 13.2 Å². The van der Waals surface area contributed by atoms with Crippen LogP contribution in [0.5, 0.6) is 0 Å². The summed E-state index contributed by atoms with van der Waals surface area (Å²) < 4.78 is 21.4. The van der Waals surface area contributed by atoms with E-state index in [-0.39, 0.29) is 5.91 Å². The molecule has 0 heterocycles. The summed E-state index contributed by atoms with van der Waals surface area (Å²) in [6.45, 7) is 7.63. The fourth-order valence-corrected chi connectivity index (χ4v) is 1.50. The van der Waals surface area contributed by atoms with Crippen molar-refractivity contribution in [2.24, 2.45) is 0 Å². The molecular formula is C9H19NO3S. The van der Waals surface area contributed by atoms with Crippen molar-refractivity contribution in [1.29, 1.82) is 0 Å². The fraction of sp³-hybridized carbons (Fsp3) is 0.889. The molecule has 0 atom stereocenters. The Morgan fingerprint density at radius 2 is 1.57 bits per heavy atom. The molecule has 0 aliphatic heterocycles. The van der Waals surface area contributed by atoms with Crippen LogP contribution in [-0.4, -0.2) is 43.3 Å². The summed E-state index contributed by atoms with van der Waals surface area (Å²) in [6.07, 6.45) is 1.09. The van der Waals surface area contributed by atoms with E-state index < -0.39 is 14.6 Å². The Morgan fingerprint density at radius 3 is 1.79 bits per heavy atom. The number of rotatable bonds is 4. The van der Waals surface area contributed by atoms with Gasteiger partial charge in [-0.25, -0.2) is 8.42 Å². The Morgan fingerprint density at radius 1 is 1.21 bits per heavy atom. The summed E-state index contributed by atoms with van der Waals surface area (Å²) in [5, 5.41) is 0. The molecule has 0 aromatic carbocycles. The standard InChI is InChI=1S/C9H19NO3S/c1-6-10(7-2)8(11)9(3,4)14(5,12)13/h6-7H2,1-5H3. The molecule has 0 aliphatic rings. The number of sulfone groups is 1. The van der Waals surface area contributed by atoms with E-state index in [1.54, 1.807) is 0 Å². The maximum atomic E-state index is 11.8. The van der Waals surface area contributed by atoms with Crippen LogP contribution in [0.2, 0.25) is 0 Å². The van der Waals surface area contributed by atoms with Gasteiger partial charge >= 0.3 is 0 Å². The molecule has 0 spiro atoms. The topological polar surface area (TPSA) is 54.5 Å². The van der Waals surface area contributed by atoms with Gasteiger partial charge in [0.15, 0.2) is 9.84 Å². The molecule has 0 rings (SSSR count). The number of hydrogen-bond acceptors (Lipinski definition) is 3. The molecule has 84 valence electrons. The molecular weight excluding hydrogens is 202 g/mol. The van der Waals surface area contributed by atoms with Crippen molar-refractivity contribution in [2.45, 2.75) is 32.4 Å². The zero-order valence-corrected chi connectivity index (χ0v) is 10.3. The zero-order valence-electron chi connectivity index (χ0n) is 9.49.